The fraction of sp³-hybridized carbons (Fsp3) is 0.538. The lowest BCUT2D eigenvalue weighted by molar-refractivity contribution is 0.0928. The first kappa shape index (κ1) is 12.0. The number of hydrogen-bond acceptors (Lipinski definition) is 3. The van der Waals surface area contributed by atoms with Gasteiger partial charge in [0.25, 0.3) is 5.91 Å². The van der Waals surface area contributed by atoms with Crippen LogP contribution in [0.3, 0.4) is 0 Å². The van der Waals surface area contributed by atoms with Crippen LogP contribution in [-0.4, -0.2) is 23.5 Å². The number of amides is 1. The van der Waals surface area contributed by atoms with Gasteiger partial charge >= 0.3 is 0 Å². The molecule has 2 rings (SSSR count). The summed E-state index contributed by atoms with van der Waals surface area (Å²) in [5.74, 6) is 0.392. The first-order valence-corrected chi connectivity index (χ1v) is 6.13. The Balaban J connectivity index is 2.01. The standard InChI is InChI=1S/C13H19N3O/c1-9-5-11(8-15-7-9)13(17)16-12-4-2-3-10(12)6-14/h5,7-8,10,12H,2-4,6,14H2,1H3,(H,16,17). The van der Waals surface area contributed by atoms with Gasteiger partial charge in [0.1, 0.15) is 0 Å². The highest BCUT2D eigenvalue weighted by Crippen LogP contribution is 2.24. The van der Waals surface area contributed by atoms with E-state index in [4.69, 9.17) is 5.73 Å². The van der Waals surface area contributed by atoms with Crippen LogP contribution in [0, 0.1) is 12.8 Å². The van der Waals surface area contributed by atoms with E-state index in [1.807, 2.05) is 13.0 Å². The van der Waals surface area contributed by atoms with Crippen molar-refractivity contribution in [3.63, 3.8) is 0 Å². The molecule has 0 spiro atoms. The number of rotatable bonds is 3. The Bertz CT molecular complexity index is 405. The third-order valence-electron chi connectivity index (χ3n) is 3.42. The first-order valence-electron chi connectivity index (χ1n) is 6.13. The predicted octanol–water partition coefficient (Wildman–Crippen LogP) is 1.25. The first-order chi connectivity index (χ1) is 8.20. The van der Waals surface area contributed by atoms with Gasteiger partial charge in [0.15, 0.2) is 0 Å². The van der Waals surface area contributed by atoms with Gasteiger partial charge in [0.2, 0.25) is 0 Å². The molecule has 0 saturated heterocycles. The van der Waals surface area contributed by atoms with Crippen molar-refractivity contribution in [3.8, 4) is 0 Å². The number of aromatic nitrogens is 1. The maximum Gasteiger partial charge on any atom is 0.253 e. The lowest BCUT2D eigenvalue weighted by Gasteiger charge is -2.19. The molecule has 1 aliphatic carbocycles. The smallest absolute Gasteiger partial charge is 0.253 e. The molecule has 0 radical (unpaired) electrons. The molecule has 92 valence electrons. The zero-order chi connectivity index (χ0) is 12.3. The zero-order valence-electron chi connectivity index (χ0n) is 10.1. The van der Waals surface area contributed by atoms with Gasteiger partial charge in [-0.15, -0.1) is 0 Å². The Kier molecular flexibility index (Phi) is 3.74. The van der Waals surface area contributed by atoms with Gasteiger partial charge in [-0.1, -0.05) is 6.42 Å². The van der Waals surface area contributed by atoms with Gasteiger partial charge in [-0.3, -0.25) is 9.78 Å². The summed E-state index contributed by atoms with van der Waals surface area (Å²) in [6, 6.07) is 2.09. The summed E-state index contributed by atoms with van der Waals surface area (Å²) in [6.07, 6.45) is 6.66. The molecule has 1 amide bonds. The summed E-state index contributed by atoms with van der Waals surface area (Å²) in [6.45, 7) is 2.58. The molecule has 4 heteroatoms. The van der Waals surface area contributed by atoms with Crippen molar-refractivity contribution >= 4 is 5.91 Å². The summed E-state index contributed by atoms with van der Waals surface area (Å²) in [5.41, 5.74) is 7.33. The van der Waals surface area contributed by atoms with E-state index in [1.165, 1.54) is 0 Å². The lowest BCUT2D eigenvalue weighted by atomic mass is 10.0. The molecule has 1 saturated carbocycles. The summed E-state index contributed by atoms with van der Waals surface area (Å²) < 4.78 is 0. The van der Waals surface area contributed by atoms with Crippen LogP contribution in [0.4, 0.5) is 0 Å². The molecule has 17 heavy (non-hydrogen) atoms. The van der Waals surface area contributed by atoms with Crippen molar-refractivity contribution in [2.24, 2.45) is 11.7 Å². The molecular weight excluding hydrogens is 214 g/mol. The Morgan fingerprint density at radius 2 is 2.35 bits per heavy atom. The Morgan fingerprint density at radius 1 is 1.53 bits per heavy atom. The molecule has 1 heterocycles. The molecule has 1 aromatic rings. The van der Waals surface area contributed by atoms with Crippen LogP contribution in [0.25, 0.3) is 0 Å². The predicted molar refractivity (Wildman–Crippen MR) is 66.6 cm³/mol. The molecule has 0 aliphatic heterocycles. The summed E-state index contributed by atoms with van der Waals surface area (Å²) in [4.78, 5) is 16.1. The van der Waals surface area contributed by atoms with E-state index in [2.05, 4.69) is 10.3 Å². The third kappa shape index (κ3) is 2.82. The molecule has 0 aromatic carbocycles. The molecule has 3 N–H and O–H groups in total. The Hall–Kier alpha value is -1.42. The van der Waals surface area contributed by atoms with Crippen LogP contribution in [0.5, 0.6) is 0 Å². The average molecular weight is 233 g/mol. The Labute approximate surface area is 102 Å². The second-order valence-electron chi connectivity index (χ2n) is 4.76. The van der Waals surface area contributed by atoms with Gasteiger partial charge in [0, 0.05) is 18.4 Å². The number of nitrogens with two attached hydrogens (primary N) is 1. The number of carbonyl (C=O) groups excluding carboxylic acids is 1. The van der Waals surface area contributed by atoms with Crippen molar-refractivity contribution in [1.82, 2.24) is 10.3 Å². The van der Waals surface area contributed by atoms with E-state index in [-0.39, 0.29) is 11.9 Å². The van der Waals surface area contributed by atoms with Crippen LogP contribution in [0.2, 0.25) is 0 Å². The van der Waals surface area contributed by atoms with E-state index < -0.39 is 0 Å². The topological polar surface area (TPSA) is 68.0 Å². The molecule has 1 fully saturated rings. The second kappa shape index (κ2) is 5.27. The average Bonchev–Trinajstić information content (AvgIpc) is 2.76. The second-order valence-corrected chi connectivity index (χ2v) is 4.76. The SMILES string of the molecule is Cc1cncc(C(=O)NC2CCCC2CN)c1. The number of aryl methyl sites for hydroxylation is 1. The van der Waals surface area contributed by atoms with Crippen molar-refractivity contribution < 1.29 is 4.79 Å². The highest BCUT2D eigenvalue weighted by atomic mass is 16.1. The number of carbonyl (C=O) groups is 1. The van der Waals surface area contributed by atoms with E-state index in [0.717, 1.165) is 24.8 Å². The number of pyridine rings is 1. The van der Waals surface area contributed by atoms with E-state index in [1.54, 1.807) is 12.4 Å². The van der Waals surface area contributed by atoms with Crippen molar-refractivity contribution in [1.29, 1.82) is 0 Å². The van der Waals surface area contributed by atoms with Crippen molar-refractivity contribution in [2.45, 2.75) is 32.2 Å². The van der Waals surface area contributed by atoms with Crippen molar-refractivity contribution in [2.75, 3.05) is 6.54 Å². The van der Waals surface area contributed by atoms with Gasteiger partial charge in [-0.2, -0.15) is 0 Å². The number of hydrogen-bond donors (Lipinski definition) is 2. The normalized spacial score (nSPS) is 23.6. The van der Waals surface area contributed by atoms with E-state index >= 15 is 0 Å². The van der Waals surface area contributed by atoms with Gasteiger partial charge in [-0.25, -0.2) is 0 Å². The maximum atomic E-state index is 12.0. The third-order valence-corrected chi connectivity index (χ3v) is 3.42. The maximum absolute atomic E-state index is 12.0. The highest BCUT2D eigenvalue weighted by molar-refractivity contribution is 5.94. The molecule has 1 aliphatic rings. The molecule has 4 nitrogen and oxygen atoms in total. The Morgan fingerprint density at radius 3 is 3.06 bits per heavy atom. The van der Waals surface area contributed by atoms with E-state index in [0.29, 0.717) is 18.0 Å². The largest absolute Gasteiger partial charge is 0.349 e. The van der Waals surface area contributed by atoms with Crippen LogP contribution >= 0.6 is 0 Å². The fourth-order valence-electron chi connectivity index (χ4n) is 2.44. The van der Waals surface area contributed by atoms with Gasteiger partial charge in [0.05, 0.1) is 5.56 Å². The molecule has 0 bridgehead atoms. The molecule has 2 atom stereocenters. The van der Waals surface area contributed by atoms with Crippen LogP contribution in [0.15, 0.2) is 18.5 Å². The summed E-state index contributed by atoms with van der Waals surface area (Å²) in [7, 11) is 0. The fourth-order valence-corrected chi connectivity index (χ4v) is 2.44. The molecule has 1 aromatic heterocycles. The van der Waals surface area contributed by atoms with E-state index in [9.17, 15) is 4.79 Å². The summed E-state index contributed by atoms with van der Waals surface area (Å²) >= 11 is 0. The molecular formula is C13H19N3O. The van der Waals surface area contributed by atoms with Crippen LogP contribution in [0.1, 0.15) is 35.2 Å². The van der Waals surface area contributed by atoms with Crippen molar-refractivity contribution in [3.05, 3.63) is 29.6 Å². The van der Waals surface area contributed by atoms with Gasteiger partial charge in [-0.05, 0) is 43.9 Å². The number of nitrogens with zero attached hydrogens (tertiary/aromatic N) is 1. The van der Waals surface area contributed by atoms with Crippen LogP contribution in [-0.2, 0) is 0 Å². The minimum Gasteiger partial charge on any atom is -0.349 e. The summed E-state index contributed by atoms with van der Waals surface area (Å²) in [5, 5.41) is 3.06. The monoisotopic (exact) mass is 233 g/mol. The quantitative estimate of drug-likeness (QED) is 0.825. The minimum absolute atomic E-state index is 0.0356. The van der Waals surface area contributed by atoms with Gasteiger partial charge < -0.3 is 11.1 Å². The number of nitrogens with one attached hydrogen (secondary N) is 1. The molecule has 2 unspecified atom stereocenters. The minimum atomic E-state index is -0.0356. The lowest BCUT2D eigenvalue weighted by Crippen LogP contribution is -2.39. The zero-order valence-corrected chi connectivity index (χ0v) is 10.1. The van der Waals surface area contributed by atoms with Crippen LogP contribution < -0.4 is 11.1 Å². The highest BCUT2D eigenvalue weighted by Gasteiger charge is 2.27.